The molecule has 0 bridgehead atoms. The molecule has 0 amide bonds. The maximum Gasteiger partial charge on any atom is -0.0276 e. The Morgan fingerprint density at radius 2 is 1.90 bits per heavy atom. The van der Waals surface area contributed by atoms with Crippen molar-refractivity contribution >= 4 is 0 Å². The van der Waals surface area contributed by atoms with Crippen LogP contribution < -0.4 is 0 Å². The topological polar surface area (TPSA) is 0 Å². The molecule has 55 valence electrons. The molecule has 0 nitrogen and oxygen atoms in total. The smallest absolute Gasteiger partial charge is 0.0276 e. The van der Waals surface area contributed by atoms with Crippen molar-refractivity contribution in [3.8, 4) is 0 Å². The molecule has 0 heterocycles. The minimum Gasteiger partial charge on any atom is -0.0845 e. The van der Waals surface area contributed by atoms with Gasteiger partial charge in [-0.1, -0.05) is 31.1 Å². The molecule has 0 heteroatoms. The minimum atomic E-state index is 1.14. The van der Waals surface area contributed by atoms with Crippen LogP contribution in [0.3, 0.4) is 0 Å². The van der Waals surface area contributed by atoms with E-state index in [0.29, 0.717) is 0 Å². The summed E-state index contributed by atoms with van der Waals surface area (Å²) >= 11 is 0. The molecule has 0 saturated carbocycles. The van der Waals surface area contributed by atoms with Gasteiger partial charge in [0.05, 0.1) is 0 Å². The lowest BCUT2D eigenvalue weighted by Crippen LogP contribution is -1.78. The van der Waals surface area contributed by atoms with Gasteiger partial charge in [0.2, 0.25) is 0 Å². The highest BCUT2D eigenvalue weighted by Gasteiger charge is 1.88. The average Bonchev–Trinajstić information content (AvgIpc) is 2.01. The van der Waals surface area contributed by atoms with Gasteiger partial charge in [0.25, 0.3) is 0 Å². The quantitative estimate of drug-likeness (QED) is 0.478. The molecule has 1 aliphatic carbocycles. The van der Waals surface area contributed by atoms with Crippen molar-refractivity contribution in [1.82, 2.24) is 0 Å². The molecular weight excluding hydrogens is 120 g/mol. The van der Waals surface area contributed by atoms with Crippen molar-refractivity contribution in [3.05, 3.63) is 24.3 Å². The van der Waals surface area contributed by atoms with Crippen LogP contribution in [0.25, 0.3) is 0 Å². The third-order valence-corrected chi connectivity index (χ3v) is 1.79. The van der Waals surface area contributed by atoms with Crippen molar-refractivity contribution < 1.29 is 0 Å². The number of hydrogen-bond acceptors (Lipinski definition) is 0. The summed E-state index contributed by atoms with van der Waals surface area (Å²) in [7, 11) is 0. The summed E-state index contributed by atoms with van der Waals surface area (Å²) in [5.41, 5.74) is 0. The molecule has 1 rings (SSSR count). The predicted molar refractivity (Wildman–Crippen MR) is 44.7 cm³/mol. The second-order valence-corrected chi connectivity index (χ2v) is 2.75. The lowest BCUT2D eigenvalue weighted by molar-refractivity contribution is 0.647. The molecule has 0 saturated heterocycles. The van der Waals surface area contributed by atoms with Gasteiger partial charge in [-0.15, -0.1) is 0 Å². The maximum absolute atomic E-state index is 3.24. The van der Waals surface area contributed by atoms with E-state index in [-0.39, 0.29) is 0 Å². The van der Waals surface area contributed by atoms with Crippen LogP contribution in [0, 0.1) is 6.08 Å². The first-order chi connectivity index (χ1) is 5.00. The van der Waals surface area contributed by atoms with Crippen molar-refractivity contribution in [1.29, 1.82) is 0 Å². The highest BCUT2D eigenvalue weighted by atomic mass is 13.9. The Labute approximate surface area is 63.6 Å². The van der Waals surface area contributed by atoms with Gasteiger partial charge in [-0.2, -0.15) is 0 Å². The third kappa shape index (κ3) is 3.49. The Balaban J connectivity index is 2.26. The van der Waals surface area contributed by atoms with Crippen molar-refractivity contribution in [2.45, 2.75) is 38.5 Å². The number of allylic oxidation sites excluding steroid dienone is 4. The molecule has 1 aliphatic rings. The molecule has 0 aromatic heterocycles. The standard InChI is InChI=1S/C10H15/c1-2-4-6-8-10-9-7-5-3-1/h1-3H,4,6-10H2/b2-1-,5-3?. The second-order valence-electron chi connectivity index (χ2n) is 2.75. The van der Waals surface area contributed by atoms with Gasteiger partial charge in [0.15, 0.2) is 0 Å². The molecule has 0 aromatic rings. The van der Waals surface area contributed by atoms with Crippen LogP contribution in [0.15, 0.2) is 18.2 Å². The summed E-state index contributed by atoms with van der Waals surface area (Å²) in [4.78, 5) is 0. The highest BCUT2D eigenvalue weighted by Crippen LogP contribution is 2.07. The van der Waals surface area contributed by atoms with Gasteiger partial charge in [-0.05, 0) is 31.8 Å². The monoisotopic (exact) mass is 135 g/mol. The first-order valence-corrected chi connectivity index (χ1v) is 4.22. The molecule has 0 N–H and O–H groups in total. The van der Waals surface area contributed by atoms with Crippen LogP contribution >= 0.6 is 0 Å². The van der Waals surface area contributed by atoms with Crippen LogP contribution in [-0.2, 0) is 0 Å². The number of rotatable bonds is 0. The van der Waals surface area contributed by atoms with Gasteiger partial charge < -0.3 is 0 Å². The first-order valence-electron chi connectivity index (χ1n) is 4.22. The average molecular weight is 135 g/mol. The van der Waals surface area contributed by atoms with Crippen LogP contribution in [0.1, 0.15) is 38.5 Å². The molecule has 0 aromatic carbocycles. The largest absolute Gasteiger partial charge is 0.0845 e. The fourth-order valence-electron chi connectivity index (χ4n) is 1.16. The van der Waals surface area contributed by atoms with E-state index >= 15 is 0 Å². The van der Waals surface area contributed by atoms with E-state index in [9.17, 15) is 0 Å². The molecule has 0 spiro atoms. The van der Waals surface area contributed by atoms with Gasteiger partial charge in [0, 0.05) is 0 Å². The zero-order valence-electron chi connectivity index (χ0n) is 6.47. The predicted octanol–water partition coefficient (Wildman–Crippen LogP) is 3.26. The van der Waals surface area contributed by atoms with Crippen molar-refractivity contribution in [2.24, 2.45) is 0 Å². The Morgan fingerprint density at radius 1 is 1.00 bits per heavy atom. The van der Waals surface area contributed by atoms with Gasteiger partial charge in [0.1, 0.15) is 0 Å². The summed E-state index contributed by atoms with van der Waals surface area (Å²) in [6.45, 7) is 0. The summed E-state index contributed by atoms with van der Waals surface area (Å²) in [6, 6.07) is 0. The molecule has 0 fully saturated rings. The summed E-state index contributed by atoms with van der Waals surface area (Å²) in [5.74, 6) is 0. The molecule has 10 heavy (non-hydrogen) atoms. The fourth-order valence-corrected chi connectivity index (χ4v) is 1.16. The highest BCUT2D eigenvalue weighted by molar-refractivity contribution is 4.99. The fraction of sp³-hybridized carbons (Fsp3) is 0.600. The van der Waals surface area contributed by atoms with Gasteiger partial charge >= 0.3 is 0 Å². The first kappa shape index (κ1) is 7.59. The Hall–Kier alpha value is -0.520. The zero-order chi connectivity index (χ0) is 7.07. The molecule has 0 aliphatic heterocycles. The molecule has 1 radical (unpaired) electrons. The number of hydrogen-bond donors (Lipinski definition) is 0. The van der Waals surface area contributed by atoms with E-state index in [4.69, 9.17) is 0 Å². The van der Waals surface area contributed by atoms with E-state index in [0.717, 1.165) is 6.42 Å². The molecule has 0 unspecified atom stereocenters. The summed E-state index contributed by atoms with van der Waals surface area (Å²) in [5, 5.41) is 0. The molecular formula is C10H15. The van der Waals surface area contributed by atoms with Crippen LogP contribution in [0.4, 0.5) is 0 Å². The van der Waals surface area contributed by atoms with Gasteiger partial charge in [-0.25, -0.2) is 0 Å². The minimum absolute atomic E-state index is 1.14. The van der Waals surface area contributed by atoms with Crippen LogP contribution in [0.2, 0.25) is 0 Å². The summed E-state index contributed by atoms with van der Waals surface area (Å²) < 4.78 is 0. The Kier molecular flexibility index (Phi) is 4.00. The normalized spacial score (nSPS) is 27.2. The maximum atomic E-state index is 3.24. The van der Waals surface area contributed by atoms with E-state index in [1.165, 1.54) is 32.1 Å². The van der Waals surface area contributed by atoms with Crippen LogP contribution in [0.5, 0.6) is 0 Å². The summed E-state index contributed by atoms with van der Waals surface area (Å²) in [6.07, 6.45) is 17.5. The van der Waals surface area contributed by atoms with Crippen molar-refractivity contribution in [2.75, 3.05) is 0 Å². The van der Waals surface area contributed by atoms with Crippen molar-refractivity contribution in [3.63, 3.8) is 0 Å². The van der Waals surface area contributed by atoms with Crippen LogP contribution in [-0.4, -0.2) is 0 Å². The SMILES string of the molecule is [C]1=C\C=C/CCCCCC/1. The zero-order valence-corrected chi connectivity index (χ0v) is 6.47. The lowest BCUT2D eigenvalue weighted by Gasteiger charge is -1.97. The van der Waals surface area contributed by atoms with E-state index in [2.05, 4.69) is 18.2 Å². The van der Waals surface area contributed by atoms with E-state index in [1.807, 2.05) is 6.08 Å². The Morgan fingerprint density at radius 3 is 2.90 bits per heavy atom. The van der Waals surface area contributed by atoms with E-state index in [1.54, 1.807) is 0 Å². The third-order valence-electron chi connectivity index (χ3n) is 1.79. The second kappa shape index (κ2) is 5.28. The van der Waals surface area contributed by atoms with E-state index < -0.39 is 0 Å². The lowest BCUT2D eigenvalue weighted by atomic mass is 10.1. The Bertz CT molecular complexity index is 104. The molecule has 0 atom stereocenters. The van der Waals surface area contributed by atoms with Gasteiger partial charge in [-0.3, -0.25) is 0 Å².